The normalized spacial score (nSPS) is 24.7. The fourth-order valence-corrected chi connectivity index (χ4v) is 5.82. The minimum absolute atomic E-state index is 0.0924. The Hall–Kier alpha value is -3.17. The average molecular weight is 595 g/mol. The zero-order valence-corrected chi connectivity index (χ0v) is 24.3. The number of aliphatic hydroxyl groups is 2. The first-order valence-corrected chi connectivity index (χ1v) is 14.4. The molecule has 0 radical (unpaired) electrons. The number of fused-ring (bicyclic) bond motifs is 1. The van der Waals surface area contributed by atoms with E-state index in [9.17, 15) is 19.6 Å². The Bertz CT molecular complexity index is 1430. The first-order valence-electron chi connectivity index (χ1n) is 12.9. The number of nitrogen functional groups attached to an aromatic ring is 1. The Balaban J connectivity index is 1.55. The molecule has 5 N–H and O–H groups in total. The fourth-order valence-electron chi connectivity index (χ4n) is 4.37. The Kier molecular flexibility index (Phi) is 9.29. The largest absolute Gasteiger partial charge is 0.479 e. The van der Waals surface area contributed by atoms with Crippen LogP contribution < -0.4 is 15.6 Å². The SMILES string of the molecule is CCOC(=O)[C@H](C)NP(=O)(OCc1ccccc1C)OC[C@H]1O[C@@H](n2cnc3c(OC)nc(N)nc32)[C@](C)(O)[C@@H]1O. The number of nitrogens with one attached hydrogen (secondary N) is 1. The molecule has 41 heavy (non-hydrogen) atoms. The third-order valence-corrected chi connectivity index (χ3v) is 8.32. The van der Waals surface area contributed by atoms with Crippen molar-refractivity contribution in [3.05, 3.63) is 41.7 Å². The van der Waals surface area contributed by atoms with Gasteiger partial charge < -0.3 is 30.2 Å². The summed E-state index contributed by atoms with van der Waals surface area (Å²) in [4.78, 5) is 24.6. The maximum atomic E-state index is 13.8. The Labute approximate surface area is 236 Å². The second-order valence-corrected chi connectivity index (χ2v) is 11.5. The molecule has 1 aliphatic rings. The van der Waals surface area contributed by atoms with Crippen LogP contribution in [0.4, 0.5) is 5.95 Å². The summed E-state index contributed by atoms with van der Waals surface area (Å²) in [6.45, 7) is 5.90. The van der Waals surface area contributed by atoms with E-state index in [4.69, 9.17) is 29.0 Å². The third-order valence-electron chi connectivity index (χ3n) is 6.66. The quantitative estimate of drug-likeness (QED) is 0.174. The Morgan fingerprint density at radius 1 is 1.32 bits per heavy atom. The molecule has 3 aromatic rings. The first-order chi connectivity index (χ1) is 19.4. The van der Waals surface area contributed by atoms with Gasteiger partial charge in [0.1, 0.15) is 23.9 Å². The Morgan fingerprint density at radius 3 is 2.73 bits per heavy atom. The number of rotatable bonds is 12. The van der Waals surface area contributed by atoms with Crippen LogP contribution in [0.5, 0.6) is 5.88 Å². The number of aryl methyl sites for hydroxylation is 1. The standard InChI is InChI=1S/C25H35N6O9P/c1-6-37-22(33)15(3)30-41(35,38-11-16-10-8-7-9-14(16)2)39-12-17-19(32)25(4,34)23(40-17)31-13-27-18-20(31)28-24(26)29-21(18)36-5/h7-10,13,15,17,19,23,32,34H,6,11-12H2,1-5H3,(H,30,35)(H2,26,28,29)/t15-,17+,19+,23+,25+,41?/m0/s1. The third kappa shape index (κ3) is 6.51. The number of aromatic nitrogens is 4. The molecule has 0 aliphatic carbocycles. The van der Waals surface area contributed by atoms with Gasteiger partial charge in [-0.25, -0.2) is 14.6 Å². The second-order valence-electron chi connectivity index (χ2n) is 9.71. The summed E-state index contributed by atoms with van der Waals surface area (Å²) < 4.78 is 42.8. The van der Waals surface area contributed by atoms with Gasteiger partial charge in [-0.05, 0) is 38.8 Å². The van der Waals surface area contributed by atoms with E-state index in [2.05, 4.69) is 20.0 Å². The molecule has 0 spiro atoms. The highest BCUT2D eigenvalue weighted by molar-refractivity contribution is 7.51. The number of esters is 1. The van der Waals surface area contributed by atoms with Gasteiger partial charge >= 0.3 is 13.7 Å². The molecule has 1 aliphatic heterocycles. The van der Waals surface area contributed by atoms with Crippen molar-refractivity contribution < 1.29 is 42.8 Å². The highest BCUT2D eigenvalue weighted by Gasteiger charge is 2.54. The summed E-state index contributed by atoms with van der Waals surface area (Å²) in [5, 5.41) is 24.8. The lowest BCUT2D eigenvalue weighted by Gasteiger charge is -2.27. The van der Waals surface area contributed by atoms with Crippen molar-refractivity contribution in [3.63, 3.8) is 0 Å². The van der Waals surface area contributed by atoms with E-state index in [0.29, 0.717) is 0 Å². The topological polar surface area (TPSA) is 202 Å². The number of ether oxygens (including phenoxy) is 3. The van der Waals surface area contributed by atoms with E-state index in [1.165, 1.54) is 31.9 Å². The van der Waals surface area contributed by atoms with Gasteiger partial charge in [-0.2, -0.15) is 9.97 Å². The van der Waals surface area contributed by atoms with Crippen molar-refractivity contribution in [1.82, 2.24) is 24.6 Å². The van der Waals surface area contributed by atoms with Crippen LogP contribution in [-0.4, -0.2) is 79.9 Å². The van der Waals surface area contributed by atoms with Gasteiger partial charge in [-0.1, -0.05) is 24.3 Å². The molecule has 16 heteroatoms. The van der Waals surface area contributed by atoms with Crippen molar-refractivity contribution in [2.45, 2.75) is 64.4 Å². The molecule has 1 fully saturated rings. The lowest BCUT2D eigenvalue weighted by molar-refractivity contribution is -0.144. The van der Waals surface area contributed by atoms with Crippen molar-refractivity contribution >= 4 is 30.8 Å². The number of hydrogen-bond donors (Lipinski definition) is 4. The predicted octanol–water partition coefficient (Wildman–Crippen LogP) is 1.62. The van der Waals surface area contributed by atoms with E-state index in [1.54, 1.807) is 13.0 Å². The summed E-state index contributed by atoms with van der Waals surface area (Å²) in [6.07, 6.45) is -2.54. The van der Waals surface area contributed by atoms with E-state index in [1.807, 2.05) is 25.1 Å². The second kappa shape index (κ2) is 12.4. The summed E-state index contributed by atoms with van der Waals surface area (Å²) in [5.74, 6) is -0.625. The Morgan fingerprint density at radius 2 is 2.05 bits per heavy atom. The van der Waals surface area contributed by atoms with E-state index in [0.717, 1.165) is 11.1 Å². The molecule has 1 saturated heterocycles. The summed E-state index contributed by atoms with van der Waals surface area (Å²) in [6, 6.07) is 6.31. The van der Waals surface area contributed by atoms with E-state index >= 15 is 0 Å². The van der Waals surface area contributed by atoms with Crippen LogP contribution in [-0.2, 0) is 34.5 Å². The summed E-state index contributed by atoms with van der Waals surface area (Å²) in [5.41, 5.74) is 6.06. The minimum atomic E-state index is -4.19. The van der Waals surface area contributed by atoms with Crippen LogP contribution in [0.15, 0.2) is 30.6 Å². The number of nitrogens with two attached hydrogens (primary N) is 1. The molecule has 6 atom stereocenters. The maximum absolute atomic E-state index is 13.8. The van der Waals surface area contributed by atoms with Crippen LogP contribution in [0.25, 0.3) is 11.2 Å². The molecule has 0 amide bonds. The number of benzene rings is 1. The average Bonchev–Trinajstić information content (AvgIpc) is 3.44. The van der Waals surface area contributed by atoms with Crippen molar-refractivity contribution in [2.75, 3.05) is 26.1 Å². The number of nitrogens with zero attached hydrogens (tertiary/aromatic N) is 4. The fraction of sp³-hybridized carbons (Fsp3) is 0.520. The van der Waals surface area contributed by atoms with Gasteiger partial charge in [0.05, 0.1) is 33.3 Å². The number of methoxy groups -OCH3 is 1. The molecule has 0 saturated carbocycles. The van der Waals surface area contributed by atoms with Crippen LogP contribution in [0, 0.1) is 6.92 Å². The van der Waals surface area contributed by atoms with Crippen molar-refractivity contribution in [1.29, 1.82) is 0 Å². The smallest absolute Gasteiger partial charge is 0.406 e. The lowest BCUT2D eigenvalue weighted by Crippen LogP contribution is -2.44. The molecule has 2 aromatic heterocycles. The number of aliphatic hydroxyl groups excluding tert-OH is 1. The van der Waals surface area contributed by atoms with Gasteiger partial charge in [0, 0.05) is 0 Å². The van der Waals surface area contributed by atoms with E-state index < -0.39 is 50.4 Å². The molecule has 0 bridgehead atoms. The van der Waals surface area contributed by atoms with E-state index in [-0.39, 0.29) is 36.2 Å². The van der Waals surface area contributed by atoms with Crippen LogP contribution in [0.1, 0.15) is 38.1 Å². The van der Waals surface area contributed by atoms with Gasteiger partial charge in [0.2, 0.25) is 11.8 Å². The number of anilines is 1. The maximum Gasteiger partial charge on any atom is 0.406 e. The molecule has 4 rings (SSSR count). The van der Waals surface area contributed by atoms with Gasteiger partial charge in [-0.3, -0.25) is 18.4 Å². The highest BCUT2D eigenvalue weighted by Crippen LogP contribution is 2.47. The number of imidazole rings is 1. The van der Waals surface area contributed by atoms with Crippen molar-refractivity contribution in [3.8, 4) is 5.88 Å². The zero-order valence-electron chi connectivity index (χ0n) is 23.4. The van der Waals surface area contributed by atoms with Crippen molar-refractivity contribution in [2.24, 2.45) is 0 Å². The molecular weight excluding hydrogens is 559 g/mol. The van der Waals surface area contributed by atoms with Crippen LogP contribution in [0.2, 0.25) is 0 Å². The predicted molar refractivity (Wildman–Crippen MR) is 146 cm³/mol. The first kappa shape index (κ1) is 30.8. The highest BCUT2D eigenvalue weighted by atomic mass is 31.2. The molecule has 15 nitrogen and oxygen atoms in total. The van der Waals surface area contributed by atoms with Crippen LogP contribution >= 0.6 is 7.75 Å². The molecule has 224 valence electrons. The summed E-state index contributed by atoms with van der Waals surface area (Å²) >= 11 is 0. The minimum Gasteiger partial charge on any atom is -0.479 e. The zero-order chi connectivity index (χ0) is 29.9. The van der Waals surface area contributed by atoms with Crippen LogP contribution in [0.3, 0.4) is 0 Å². The van der Waals surface area contributed by atoms with Gasteiger partial charge in [0.15, 0.2) is 17.4 Å². The molecule has 3 heterocycles. The number of hydrogen-bond acceptors (Lipinski definition) is 13. The number of carbonyl (C=O) groups excluding carboxylic acids is 1. The lowest BCUT2D eigenvalue weighted by atomic mass is 9.96. The monoisotopic (exact) mass is 594 g/mol. The van der Waals surface area contributed by atoms with Gasteiger partial charge in [0.25, 0.3) is 0 Å². The van der Waals surface area contributed by atoms with Gasteiger partial charge in [-0.15, -0.1) is 0 Å². The molecule has 1 aromatic carbocycles. The molecule has 1 unspecified atom stereocenters. The molecular formula is C25H35N6O9P. The number of carbonyl (C=O) groups is 1. The summed E-state index contributed by atoms with van der Waals surface area (Å²) in [7, 11) is -2.79.